The van der Waals surface area contributed by atoms with E-state index < -0.39 is 278 Å². The summed E-state index contributed by atoms with van der Waals surface area (Å²) >= 11 is 0. The van der Waals surface area contributed by atoms with Crippen LogP contribution in [0.15, 0.2) is 0 Å². The summed E-state index contributed by atoms with van der Waals surface area (Å²) in [4.78, 5) is 284. The van der Waals surface area contributed by atoms with Gasteiger partial charge in [0.15, 0.2) is 0 Å². The van der Waals surface area contributed by atoms with Crippen LogP contribution in [0.2, 0.25) is 0 Å². The number of nitrogens with two attached hydrogens (primary N) is 2. The quantitative estimate of drug-likeness (QED) is 0.0253. The van der Waals surface area contributed by atoms with Gasteiger partial charge >= 0.3 is 23.9 Å². The number of nitrogens with one attached hydrogen (secondary N) is 15. The predicted octanol–water partition coefficient (Wildman–Crippen LogP) is -5.06. The van der Waals surface area contributed by atoms with Crippen molar-refractivity contribution < 1.29 is 121 Å². The zero-order valence-electron chi connectivity index (χ0n) is 71.8. The SMILES string of the molecule is CC(C)C[C@H](NC(=O)CNC(=O)[C@H](C)NC(=O)[C@H](CC(C)C)NC(=O)[C@H](CC(=O)O)NC(=O)[C@H](CCC(N)=O)NC(=O)[C@H](CCCCN)NC(=O)[C@@H](NC(=O)[C@H](CC(C)C)NC(=O)[C@@H]1CCCN1C(=O)[C@@H](NC(=O)[C@@H]1CCCN1C(=O)[C@H](CCC(=O)O)NC(=O)[C@H](C)NC(=O)[C@H](C)NC(=O)[C@@H]1CCCN1)C(C)C)C(C)C)C(=O)N[C@@H](CC(=O)O)C(=O)O. The highest BCUT2D eigenvalue weighted by atomic mass is 16.4. The molecule has 17 amide bonds. The van der Waals surface area contributed by atoms with Gasteiger partial charge in [-0.1, -0.05) is 69.2 Å². The average molecular weight is 1730 g/mol. The molecule has 0 saturated carbocycles. The number of rotatable bonds is 53. The van der Waals surface area contributed by atoms with Gasteiger partial charge in [-0.05, 0) is 153 Å². The molecule has 3 heterocycles. The Labute approximate surface area is 708 Å². The Morgan fingerprint density at radius 1 is 0.377 bits per heavy atom. The van der Waals surface area contributed by atoms with Crippen LogP contribution >= 0.6 is 0 Å². The smallest absolute Gasteiger partial charge is 0.326 e. The van der Waals surface area contributed by atoms with Crippen LogP contribution in [0.5, 0.6) is 0 Å². The largest absolute Gasteiger partial charge is 0.481 e. The van der Waals surface area contributed by atoms with Gasteiger partial charge in [0.1, 0.15) is 90.6 Å². The molecule has 44 heteroatoms. The maximum Gasteiger partial charge on any atom is 0.326 e. The van der Waals surface area contributed by atoms with Crippen molar-refractivity contribution in [3.8, 4) is 0 Å². The van der Waals surface area contributed by atoms with Crippen molar-refractivity contribution in [2.24, 2.45) is 41.1 Å². The molecule has 0 aromatic heterocycles. The van der Waals surface area contributed by atoms with Gasteiger partial charge in [0, 0.05) is 25.9 Å². The molecule has 122 heavy (non-hydrogen) atoms. The summed E-state index contributed by atoms with van der Waals surface area (Å²) in [5.41, 5.74) is 11.3. The van der Waals surface area contributed by atoms with Crippen molar-refractivity contribution in [3.05, 3.63) is 0 Å². The second-order valence-corrected chi connectivity index (χ2v) is 33.1. The van der Waals surface area contributed by atoms with E-state index in [-0.39, 0.29) is 82.3 Å². The second-order valence-electron chi connectivity index (χ2n) is 33.1. The Morgan fingerprint density at radius 3 is 1.30 bits per heavy atom. The van der Waals surface area contributed by atoms with Gasteiger partial charge < -0.3 is 121 Å². The molecule has 0 unspecified atom stereocenters. The Bertz CT molecular complexity index is 3720. The number of likely N-dealkylation sites (tertiary alicyclic amines) is 2. The van der Waals surface area contributed by atoms with E-state index in [1.54, 1.807) is 69.2 Å². The number of unbranched alkanes of at least 4 members (excludes halogenated alkanes) is 1. The third-order valence-electron chi connectivity index (χ3n) is 20.4. The number of carbonyl (C=O) groups excluding carboxylic acids is 17. The molecule has 3 saturated heterocycles. The lowest BCUT2D eigenvalue weighted by molar-refractivity contribution is -0.147. The summed E-state index contributed by atoms with van der Waals surface area (Å²) in [6.45, 7) is 20.6. The molecule has 3 aliphatic heterocycles. The monoisotopic (exact) mass is 1730 g/mol. The summed E-state index contributed by atoms with van der Waals surface area (Å²) in [5.74, 6) is -23.6. The number of carboxylic acid groups (broad SMARTS) is 4. The van der Waals surface area contributed by atoms with Gasteiger partial charge in [-0.2, -0.15) is 0 Å². The first-order valence-electron chi connectivity index (χ1n) is 41.5. The fourth-order valence-corrected chi connectivity index (χ4v) is 13.8. The van der Waals surface area contributed by atoms with Crippen molar-refractivity contribution in [3.63, 3.8) is 0 Å². The van der Waals surface area contributed by atoms with Crippen LogP contribution in [0.4, 0.5) is 0 Å². The molecule has 0 spiro atoms. The Balaban J connectivity index is 1.81. The summed E-state index contributed by atoms with van der Waals surface area (Å²) < 4.78 is 0. The first kappa shape index (κ1) is 105. The lowest BCUT2D eigenvalue weighted by Crippen LogP contribution is -2.61. The third-order valence-corrected chi connectivity index (χ3v) is 20.4. The van der Waals surface area contributed by atoms with Gasteiger partial charge in [-0.3, -0.25) is 95.9 Å². The molecule has 3 aliphatic rings. The van der Waals surface area contributed by atoms with Crippen LogP contribution in [0.1, 0.15) is 206 Å². The topological polar surface area (TPSA) is 678 Å². The molecule has 3 rings (SSSR count). The normalized spacial score (nSPS) is 18.2. The summed E-state index contributed by atoms with van der Waals surface area (Å²) in [5, 5.41) is 75.8. The Hall–Kier alpha value is -11.2. The average Bonchev–Trinajstić information content (AvgIpc) is 1.65. The van der Waals surface area contributed by atoms with Crippen molar-refractivity contribution in [2.75, 3.05) is 32.7 Å². The number of amides is 17. The van der Waals surface area contributed by atoms with Crippen LogP contribution in [-0.2, 0) is 101 Å². The number of hydrogen-bond donors (Lipinski definition) is 21. The zero-order chi connectivity index (χ0) is 92.3. The molecular formula is C78H129N19O25. The summed E-state index contributed by atoms with van der Waals surface area (Å²) in [6, 6.07) is -22.3. The molecule has 0 aromatic rings. The second kappa shape index (κ2) is 51.5. The van der Waals surface area contributed by atoms with Crippen molar-refractivity contribution in [1.82, 2.24) is 89.6 Å². The number of primary amides is 1. The first-order chi connectivity index (χ1) is 57.1. The molecule has 23 N–H and O–H groups in total. The van der Waals surface area contributed by atoms with Gasteiger partial charge in [-0.25, -0.2) is 4.79 Å². The minimum absolute atomic E-state index is 0.00171. The Kier molecular flexibility index (Phi) is 44.3. The van der Waals surface area contributed by atoms with Gasteiger partial charge in [0.2, 0.25) is 100 Å². The van der Waals surface area contributed by atoms with Gasteiger partial charge in [-0.15, -0.1) is 0 Å². The van der Waals surface area contributed by atoms with Crippen LogP contribution in [0.25, 0.3) is 0 Å². The fourth-order valence-electron chi connectivity index (χ4n) is 13.8. The van der Waals surface area contributed by atoms with E-state index in [1.165, 1.54) is 30.6 Å². The lowest BCUT2D eigenvalue weighted by atomic mass is 9.98. The van der Waals surface area contributed by atoms with E-state index in [1.807, 2.05) is 0 Å². The molecule has 0 aliphatic carbocycles. The van der Waals surface area contributed by atoms with Crippen LogP contribution < -0.4 is 91.2 Å². The Morgan fingerprint density at radius 2 is 0.795 bits per heavy atom. The van der Waals surface area contributed by atoms with Crippen LogP contribution in [-0.4, -0.2) is 284 Å². The van der Waals surface area contributed by atoms with E-state index in [9.17, 15) is 116 Å². The standard InChI is InChI=1S/C78H129N19O25/c1-37(2)31-49(70(113)93-53(78(121)122)35-60(104)105)86-57(99)36-82-63(106)42(11)84-69(112)50(32-38(3)4)90-71(114)52(34-59(102)103)91-68(111)47(23-25-56(80)98)87-67(110)46(19-14-15-27-79)88-75(118)61(40(7)8)94-72(115)51(33-39(5)6)92-73(116)54-21-18-30-97(54)77(120)62(41(9)10)95-74(117)55-22-17-29-96(55)76(119)48(24-26-58(100)101)89-65(108)44(13)83-64(107)43(12)85-66(109)45-20-16-28-81-45/h37-55,61-62,81H,14-36,79H2,1-13H3,(H2,80,98)(H,82,106)(H,83,107)(H,84,112)(H,85,109)(H,86,99)(H,87,110)(H,88,118)(H,89,108)(H,90,114)(H,91,111)(H,92,116)(H,93,113)(H,94,115)(H,95,117)(H,100,101)(H,102,103)(H,104,105)(H,121,122)/t42-,43-,44-,45-,46-,47-,48-,49-,50-,51-,52-,53-,54-,55-,61-,62-/m0/s1. The van der Waals surface area contributed by atoms with Gasteiger partial charge in [0.05, 0.1) is 25.4 Å². The highest BCUT2D eigenvalue weighted by molar-refractivity contribution is 6.02. The minimum Gasteiger partial charge on any atom is -0.481 e. The van der Waals surface area contributed by atoms with E-state index in [4.69, 9.17) is 16.6 Å². The first-order valence-corrected chi connectivity index (χ1v) is 41.5. The maximum absolute atomic E-state index is 14.7. The molecular weight excluding hydrogens is 1600 g/mol. The molecule has 44 nitrogen and oxygen atoms in total. The summed E-state index contributed by atoms with van der Waals surface area (Å²) in [7, 11) is 0. The van der Waals surface area contributed by atoms with E-state index in [0.29, 0.717) is 32.2 Å². The van der Waals surface area contributed by atoms with Crippen LogP contribution in [0, 0.1) is 29.6 Å². The molecule has 0 radical (unpaired) electrons. The van der Waals surface area contributed by atoms with Crippen molar-refractivity contribution >= 4 is 124 Å². The number of carbonyl (C=O) groups is 21. The predicted molar refractivity (Wildman–Crippen MR) is 434 cm³/mol. The maximum atomic E-state index is 14.7. The summed E-state index contributed by atoms with van der Waals surface area (Å²) in [6.07, 6.45) is -1.93. The number of carboxylic acids is 4. The molecule has 0 aromatic carbocycles. The molecule has 3 fully saturated rings. The van der Waals surface area contributed by atoms with Crippen molar-refractivity contribution in [2.45, 2.75) is 302 Å². The van der Waals surface area contributed by atoms with Gasteiger partial charge in [0.25, 0.3) is 0 Å². The van der Waals surface area contributed by atoms with Crippen LogP contribution in [0.3, 0.4) is 0 Å². The van der Waals surface area contributed by atoms with Crippen molar-refractivity contribution in [1.29, 1.82) is 0 Å². The fraction of sp³-hybridized carbons (Fsp3) is 0.731. The van der Waals surface area contributed by atoms with E-state index in [2.05, 4.69) is 79.8 Å². The lowest BCUT2D eigenvalue weighted by Gasteiger charge is -2.33. The molecule has 686 valence electrons. The highest BCUT2D eigenvalue weighted by Gasteiger charge is 2.45. The minimum atomic E-state index is -2.01. The van der Waals surface area contributed by atoms with E-state index >= 15 is 0 Å². The molecule has 0 bridgehead atoms. The zero-order valence-corrected chi connectivity index (χ0v) is 71.8. The third kappa shape index (κ3) is 35.8. The number of aliphatic carboxylic acids is 4. The van der Waals surface area contributed by atoms with E-state index in [0.717, 1.165) is 6.42 Å². The highest BCUT2D eigenvalue weighted by Crippen LogP contribution is 2.25. The molecule has 16 atom stereocenters. The number of nitrogens with zero attached hydrogens (tertiary/aromatic N) is 2. The number of hydrogen-bond acceptors (Lipinski definition) is 23.